The number of amides is 2. The topological polar surface area (TPSA) is 44.7 Å². The molecule has 2 aromatic rings. The second-order valence-corrected chi connectivity index (χ2v) is 7.18. The van der Waals surface area contributed by atoms with Gasteiger partial charge in [-0.3, -0.25) is 4.90 Å². The van der Waals surface area contributed by atoms with E-state index in [1.807, 2.05) is 37.3 Å². The molecule has 1 aliphatic rings. The maximum atomic E-state index is 12.8. The van der Waals surface area contributed by atoms with Gasteiger partial charge < -0.3 is 5.32 Å². The zero-order valence-corrected chi connectivity index (χ0v) is 14.6. The molecule has 1 atom stereocenters. The molecule has 8 heteroatoms. The molecule has 2 amide bonds. The number of amidine groups is 1. The van der Waals surface area contributed by atoms with Crippen LogP contribution >= 0.6 is 11.8 Å². The fourth-order valence-electron chi connectivity index (χ4n) is 2.45. The number of benzene rings is 2. The zero-order valence-electron chi connectivity index (χ0n) is 13.8. The Hall–Kier alpha value is -2.48. The number of para-hydroxylation sites is 1. The van der Waals surface area contributed by atoms with Crippen molar-refractivity contribution in [1.82, 2.24) is 4.90 Å². The predicted octanol–water partition coefficient (Wildman–Crippen LogP) is 5.36. The Kier molecular flexibility index (Phi) is 5.22. The van der Waals surface area contributed by atoms with Crippen LogP contribution in [0.1, 0.15) is 12.5 Å². The summed E-state index contributed by atoms with van der Waals surface area (Å²) in [7, 11) is 0. The Morgan fingerprint density at radius 3 is 2.62 bits per heavy atom. The molecule has 136 valence electrons. The van der Waals surface area contributed by atoms with E-state index in [1.54, 1.807) is 0 Å². The maximum Gasteiger partial charge on any atom is 0.416 e. The molecule has 0 aromatic heterocycles. The van der Waals surface area contributed by atoms with Crippen molar-refractivity contribution in [1.29, 1.82) is 0 Å². The minimum absolute atomic E-state index is 0.0911. The summed E-state index contributed by atoms with van der Waals surface area (Å²) >= 11 is 1.45. The van der Waals surface area contributed by atoms with E-state index in [4.69, 9.17) is 0 Å². The highest BCUT2D eigenvalue weighted by Crippen LogP contribution is 2.32. The van der Waals surface area contributed by atoms with Crippen molar-refractivity contribution in [3.8, 4) is 0 Å². The SMILES string of the molecule is C[C@@H]1CN(C(=O)Nc2cccc(C(F)(F)F)c2)C(=Nc2ccccc2)S1. The highest BCUT2D eigenvalue weighted by Gasteiger charge is 2.32. The first kappa shape index (κ1) is 18.3. The Bertz CT molecular complexity index is 824. The summed E-state index contributed by atoms with van der Waals surface area (Å²) in [5, 5.41) is 3.19. The Balaban J connectivity index is 1.79. The normalized spacial score (nSPS) is 19.0. The lowest BCUT2D eigenvalue weighted by Crippen LogP contribution is -2.36. The minimum Gasteiger partial charge on any atom is -0.307 e. The van der Waals surface area contributed by atoms with Gasteiger partial charge in [-0.25, -0.2) is 9.79 Å². The summed E-state index contributed by atoms with van der Waals surface area (Å²) in [6.45, 7) is 2.39. The van der Waals surface area contributed by atoms with Gasteiger partial charge in [0.25, 0.3) is 0 Å². The Labute approximate surface area is 153 Å². The van der Waals surface area contributed by atoms with Crippen LogP contribution in [0.4, 0.5) is 29.3 Å². The number of halogens is 3. The zero-order chi connectivity index (χ0) is 18.7. The number of hydrogen-bond donors (Lipinski definition) is 1. The number of carbonyl (C=O) groups excluding carboxylic acids is 1. The molecule has 0 saturated carbocycles. The molecule has 0 radical (unpaired) electrons. The summed E-state index contributed by atoms with van der Waals surface area (Å²) in [6.07, 6.45) is -4.46. The molecule has 0 bridgehead atoms. The molecule has 1 aliphatic heterocycles. The van der Waals surface area contributed by atoms with E-state index in [2.05, 4.69) is 10.3 Å². The van der Waals surface area contributed by atoms with Crippen LogP contribution in [0.15, 0.2) is 59.6 Å². The number of nitrogens with zero attached hydrogens (tertiary/aromatic N) is 2. The quantitative estimate of drug-likeness (QED) is 0.763. The Morgan fingerprint density at radius 2 is 1.92 bits per heavy atom. The lowest BCUT2D eigenvalue weighted by molar-refractivity contribution is -0.137. The van der Waals surface area contributed by atoms with E-state index in [-0.39, 0.29) is 10.9 Å². The summed E-state index contributed by atoms with van der Waals surface area (Å²) in [6, 6.07) is 13.3. The number of alkyl halides is 3. The third-order valence-electron chi connectivity index (χ3n) is 3.64. The van der Waals surface area contributed by atoms with Gasteiger partial charge in [0.1, 0.15) is 0 Å². The first-order chi connectivity index (χ1) is 12.3. The van der Waals surface area contributed by atoms with Gasteiger partial charge in [-0.1, -0.05) is 43.0 Å². The number of carbonyl (C=O) groups is 1. The van der Waals surface area contributed by atoms with Crippen LogP contribution in [0.25, 0.3) is 0 Å². The van der Waals surface area contributed by atoms with Gasteiger partial charge in [0.15, 0.2) is 5.17 Å². The van der Waals surface area contributed by atoms with Gasteiger partial charge in [0.2, 0.25) is 0 Å². The van der Waals surface area contributed by atoms with Crippen molar-refractivity contribution in [3.05, 3.63) is 60.2 Å². The number of thioether (sulfide) groups is 1. The van der Waals surface area contributed by atoms with Crippen molar-refractivity contribution in [3.63, 3.8) is 0 Å². The second kappa shape index (κ2) is 7.41. The Morgan fingerprint density at radius 1 is 1.19 bits per heavy atom. The lowest BCUT2D eigenvalue weighted by atomic mass is 10.2. The highest BCUT2D eigenvalue weighted by molar-refractivity contribution is 8.14. The third-order valence-corrected chi connectivity index (χ3v) is 4.72. The van der Waals surface area contributed by atoms with E-state index in [1.165, 1.54) is 28.8 Å². The van der Waals surface area contributed by atoms with Crippen molar-refractivity contribution in [2.75, 3.05) is 11.9 Å². The molecule has 0 unspecified atom stereocenters. The fourth-order valence-corrected chi connectivity index (χ4v) is 3.48. The minimum atomic E-state index is -4.46. The van der Waals surface area contributed by atoms with E-state index in [0.29, 0.717) is 17.4 Å². The van der Waals surface area contributed by atoms with Gasteiger partial charge in [0.05, 0.1) is 11.3 Å². The van der Waals surface area contributed by atoms with Crippen LogP contribution in [0.3, 0.4) is 0 Å². The molecule has 0 spiro atoms. The molecular weight excluding hydrogens is 363 g/mol. The van der Waals surface area contributed by atoms with Crippen LogP contribution in [-0.2, 0) is 6.18 Å². The van der Waals surface area contributed by atoms with Gasteiger partial charge >= 0.3 is 12.2 Å². The number of urea groups is 1. The smallest absolute Gasteiger partial charge is 0.307 e. The first-order valence-corrected chi connectivity index (χ1v) is 8.77. The van der Waals surface area contributed by atoms with Gasteiger partial charge in [-0.15, -0.1) is 0 Å². The standard InChI is InChI=1S/C18H16F3N3OS/c1-12-11-24(17(26-12)23-14-7-3-2-4-8-14)16(25)22-15-9-5-6-13(10-15)18(19,20)21/h2-10,12H,11H2,1H3,(H,22,25)/t12-/m1/s1. The van der Waals surface area contributed by atoms with Crippen LogP contribution < -0.4 is 5.32 Å². The number of aliphatic imine (C=N–C) groups is 1. The largest absolute Gasteiger partial charge is 0.416 e. The number of rotatable bonds is 2. The molecule has 3 rings (SSSR count). The first-order valence-electron chi connectivity index (χ1n) is 7.89. The molecule has 26 heavy (non-hydrogen) atoms. The van der Waals surface area contributed by atoms with Crippen molar-refractivity contribution in [2.45, 2.75) is 18.3 Å². The molecule has 1 fully saturated rings. The van der Waals surface area contributed by atoms with Crippen LogP contribution in [0, 0.1) is 0 Å². The van der Waals surface area contributed by atoms with Crippen LogP contribution in [-0.4, -0.2) is 27.9 Å². The van der Waals surface area contributed by atoms with E-state index < -0.39 is 17.8 Å². The molecule has 0 aliphatic carbocycles. The number of anilines is 1. The fraction of sp³-hybridized carbons (Fsp3) is 0.222. The van der Waals surface area contributed by atoms with Crippen molar-refractivity contribution < 1.29 is 18.0 Å². The maximum absolute atomic E-state index is 12.8. The summed E-state index contributed by atoms with van der Waals surface area (Å²) < 4.78 is 38.4. The molecule has 1 saturated heterocycles. The third kappa shape index (κ3) is 4.37. The number of nitrogens with one attached hydrogen (secondary N) is 1. The number of hydrogen-bond acceptors (Lipinski definition) is 3. The van der Waals surface area contributed by atoms with Crippen molar-refractivity contribution in [2.24, 2.45) is 4.99 Å². The van der Waals surface area contributed by atoms with Crippen LogP contribution in [0.5, 0.6) is 0 Å². The summed E-state index contributed by atoms with van der Waals surface area (Å²) in [4.78, 5) is 18.5. The highest BCUT2D eigenvalue weighted by atomic mass is 32.2. The average Bonchev–Trinajstić information content (AvgIpc) is 2.96. The molecule has 1 N–H and O–H groups in total. The van der Waals surface area contributed by atoms with Gasteiger partial charge in [-0.05, 0) is 30.3 Å². The summed E-state index contributed by atoms with van der Waals surface area (Å²) in [5.74, 6) is 0. The average molecular weight is 379 g/mol. The molecule has 4 nitrogen and oxygen atoms in total. The van der Waals surface area contributed by atoms with Crippen molar-refractivity contribution >= 4 is 34.3 Å². The van der Waals surface area contributed by atoms with E-state index in [9.17, 15) is 18.0 Å². The summed E-state index contributed by atoms with van der Waals surface area (Å²) in [5.41, 5.74) is -0.00736. The molecule has 1 heterocycles. The van der Waals surface area contributed by atoms with Gasteiger partial charge in [0, 0.05) is 17.5 Å². The molecule has 2 aromatic carbocycles. The predicted molar refractivity (Wildman–Crippen MR) is 97.8 cm³/mol. The van der Waals surface area contributed by atoms with E-state index >= 15 is 0 Å². The monoisotopic (exact) mass is 379 g/mol. The van der Waals surface area contributed by atoms with E-state index in [0.717, 1.165) is 12.1 Å². The molecular formula is C18H16F3N3OS. The second-order valence-electron chi connectivity index (χ2n) is 5.78. The van der Waals surface area contributed by atoms with Gasteiger partial charge in [-0.2, -0.15) is 13.2 Å². The van der Waals surface area contributed by atoms with Crippen LogP contribution in [0.2, 0.25) is 0 Å². The lowest BCUT2D eigenvalue weighted by Gasteiger charge is -2.17.